The van der Waals surface area contributed by atoms with E-state index in [-0.39, 0.29) is 24.3 Å². The van der Waals surface area contributed by atoms with E-state index < -0.39 is 6.17 Å². The Morgan fingerprint density at radius 3 is 2.17 bits per heavy atom. The second kappa shape index (κ2) is 8.67. The monoisotopic (exact) mass is 466 g/mol. The molecular weight excluding hydrogens is 440 g/mol. The third kappa shape index (κ3) is 3.68. The third-order valence-corrected chi connectivity index (χ3v) is 7.16. The molecule has 1 saturated heterocycles. The van der Waals surface area contributed by atoms with Gasteiger partial charge in [0.05, 0.1) is 11.3 Å². The molecule has 0 aromatic heterocycles. The standard InChI is InChI=1S/C28H26N4O3/c33-25(30-16-14-29(15-17-30)18-20-8-2-1-3-9-20)19-31-26-21-10-4-5-11-22(21)28(35)32(26)24-13-7-6-12-23(24)27(31)34/h1-13,26H,14-19H2/t26-/m1/s1. The lowest BCUT2D eigenvalue weighted by Crippen LogP contribution is -2.54. The molecule has 0 aliphatic carbocycles. The van der Waals surface area contributed by atoms with Crippen molar-refractivity contribution in [3.8, 4) is 0 Å². The second-order valence-corrected chi connectivity index (χ2v) is 9.23. The van der Waals surface area contributed by atoms with E-state index in [4.69, 9.17) is 0 Å². The van der Waals surface area contributed by atoms with Gasteiger partial charge >= 0.3 is 0 Å². The molecular formula is C28H26N4O3. The molecule has 0 radical (unpaired) electrons. The Hall–Kier alpha value is -3.97. The quantitative estimate of drug-likeness (QED) is 0.593. The van der Waals surface area contributed by atoms with Crippen molar-refractivity contribution in [1.82, 2.24) is 14.7 Å². The number of carbonyl (C=O) groups excluding carboxylic acids is 3. The fraction of sp³-hybridized carbons (Fsp3) is 0.250. The summed E-state index contributed by atoms with van der Waals surface area (Å²) in [6.45, 7) is 3.61. The molecule has 35 heavy (non-hydrogen) atoms. The molecule has 1 atom stereocenters. The van der Waals surface area contributed by atoms with Crippen LogP contribution in [0.2, 0.25) is 0 Å². The van der Waals surface area contributed by atoms with Gasteiger partial charge in [0.2, 0.25) is 5.91 Å². The topological polar surface area (TPSA) is 64.2 Å². The van der Waals surface area contributed by atoms with E-state index in [9.17, 15) is 14.4 Å². The number of benzene rings is 3. The average molecular weight is 467 g/mol. The highest BCUT2D eigenvalue weighted by atomic mass is 16.2. The van der Waals surface area contributed by atoms with Crippen molar-refractivity contribution >= 4 is 23.4 Å². The SMILES string of the molecule is O=C(CN1C(=O)c2ccccc2N2C(=O)c3ccccc3[C@H]12)N1CCN(Cc2ccccc2)CC1. The number of fused-ring (bicyclic) bond motifs is 5. The summed E-state index contributed by atoms with van der Waals surface area (Å²) in [7, 11) is 0. The number of nitrogens with zero attached hydrogens (tertiary/aromatic N) is 4. The van der Waals surface area contributed by atoms with Gasteiger partial charge in [-0.3, -0.25) is 24.2 Å². The molecule has 0 bridgehead atoms. The highest BCUT2D eigenvalue weighted by Gasteiger charge is 2.48. The van der Waals surface area contributed by atoms with Crippen LogP contribution < -0.4 is 4.90 Å². The van der Waals surface area contributed by atoms with Gasteiger partial charge in [-0.25, -0.2) is 0 Å². The van der Waals surface area contributed by atoms with E-state index >= 15 is 0 Å². The first kappa shape index (κ1) is 21.6. The van der Waals surface area contributed by atoms with Crippen LogP contribution >= 0.6 is 0 Å². The van der Waals surface area contributed by atoms with Gasteiger partial charge in [-0.05, 0) is 23.8 Å². The molecule has 6 rings (SSSR count). The second-order valence-electron chi connectivity index (χ2n) is 9.23. The van der Waals surface area contributed by atoms with E-state index in [1.165, 1.54) is 5.56 Å². The number of para-hydroxylation sites is 1. The molecule has 3 aromatic rings. The van der Waals surface area contributed by atoms with E-state index in [2.05, 4.69) is 17.0 Å². The smallest absolute Gasteiger partial charge is 0.260 e. The van der Waals surface area contributed by atoms with Crippen molar-refractivity contribution in [2.45, 2.75) is 12.7 Å². The predicted molar refractivity (Wildman–Crippen MR) is 132 cm³/mol. The van der Waals surface area contributed by atoms with E-state index in [0.29, 0.717) is 29.9 Å². The Bertz CT molecular complexity index is 1300. The molecule has 7 heteroatoms. The molecule has 3 amide bonds. The van der Waals surface area contributed by atoms with Crippen molar-refractivity contribution in [3.63, 3.8) is 0 Å². The molecule has 0 spiro atoms. The average Bonchev–Trinajstić information content (AvgIpc) is 3.20. The summed E-state index contributed by atoms with van der Waals surface area (Å²) < 4.78 is 0. The van der Waals surface area contributed by atoms with Crippen LogP contribution in [0.4, 0.5) is 5.69 Å². The van der Waals surface area contributed by atoms with Crippen molar-refractivity contribution < 1.29 is 14.4 Å². The highest BCUT2D eigenvalue weighted by Crippen LogP contribution is 2.45. The number of hydrogen-bond donors (Lipinski definition) is 0. The zero-order chi connectivity index (χ0) is 23.9. The van der Waals surface area contributed by atoms with Crippen LogP contribution in [0.1, 0.15) is 38.0 Å². The molecule has 3 aliphatic rings. The van der Waals surface area contributed by atoms with Crippen LogP contribution in [-0.4, -0.2) is 65.1 Å². The van der Waals surface area contributed by atoms with Gasteiger partial charge in [0.25, 0.3) is 11.8 Å². The van der Waals surface area contributed by atoms with Gasteiger partial charge in [-0.2, -0.15) is 0 Å². The fourth-order valence-electron chi connectivity index (χ4n) is 5.38. The summed E-state index contributed by atoms with van der Waals surface area (Å²) in [6, 6.07) is 24.8. The van der Waals surface area contributed by atoms with Crippen molar-refractivity contribution in [1.29, 1.82) is 0 Å². The van der Waals surface area contributed by atoms with E-state index in [1.807, 2.05) is 47.4 Å². The maximum absolute atomic E-state index is 13.6. The van der Waals surface area contributed by atoms with Gasteiger partial charge in [0.15, 0.2) is 0 Å². The number of piperazine rings is 1. The first-order valence-electron chi connectivity index (χ1n) is 12.0. The minimum absolute atomic E-state index is 0.0609. The molecule has 0 saturated carbocycles. The van der Waals surface area contributed by atoms with Gasteiger partial charge < -0.3 is 9.80 Å². The first-order valence-corrected chi connectivity index (χ1v) is 12.0. The largest absolute Gasteiger partial charge is 0.339 e. The maximum Gasteiger partial charge on any atom is 0.260 e. The number of anilines is 1. The summed E-state index contributed by atoms with van der Waals surface area (Å²) in [6.07, 6.45) is -0.607. The third-order valence-electron chi connectivity index (χ3n) is 7.16. The van der Waals surface area contributed by atoms with Crippen molar-refractivity contribution in [3.05, 3.63) is 101 Å². The molecule has 0 N–H and O–H groups in total. The van der Waals surface area contributed by atoms with E-state index in [1.54, 1.807) is 34.1 Å². The molecule has 1 fully saturated rings. The number of rotatable bonds is 4. The van der Waals surface area contributed by atoms with Crippen LogP contribution in [-0.2, 0) is 11.3 Å². The first-order chi connectivity index (χ1) is 17.1. The normalized spacial score (nSPS) is 19.4. The lowest BCUT2D eigenvalue weighted by Gasteiger charge is -2.42. The van der Waals surface area contributed by atoms with Gasteiger partial charge in [-0.15, -0.1) is 0 Å². The Labute approximate surface area is 204 Å². The molecule has 3 aliphatic heterocycles. The molecule has 7 nitrogen and oxygen atoms in total. The zero-order valence-corrected chi connectivity index (χ0v) is 19.3. The minimum Gasteiger partial charge on any atom is -0.339 e. The Morgan fingerprint density at radius 2 is 1.40 bits per heavy atom. The number of hydrogen-bond acceptors (Lipinski definition) is 4. The summed E-state index contributed by atoms with van der Waals surface area (Å²) in [5.74, 6) is -0.450. The van der Waals surface area contributed by atoms with Crippen LogP contribution in [0, 0.1) is 0 Å². The Balaban J connectivity index is 1.22. The molecule has 3 heterocycles. The molecule has 176 valence electrons. The Morgan fingerprint density at radius 1 is 0.743 bits per heavy atom. The van der Waals surface area contributed by atoms with Crippen molar-refractivity contribution in [2.24, 2.45) is 0 Å². The van der Waals surface area contributed by atoms with Crippen LogP contribution in [0.3, 0.4) is 0 Å². The summed E-state index contributed by atoms with van der Waals surface area (Å²) in [5, 5.41) is 0. The number of carbonyl (C=O) groups is 3. The van der Waals surface area contributed by atoms with E-state index in [0.717, 1.165) is 25.2 Å². The van der Waals surface area contributed by atoms with Gasteiger partial charge in [-0.1, -0.05) is 60.7 Å². The predicted octanol–water partition coefficient (Wildman–Crippen LogP) is 3.15. The van der Waals surface area contributed by atoms with Gasteiger partial charge in [0.1, 0.15) is 12.7 Å². The van der Waals surface area contributed by atoms with Crippen molar-refractivity contribution in [2.75, 3.05) is 37.6 Å². The molecule has 0 unspecified atom stereocenters. The minimum atomic E-state index is -0.607. The molecule has 3 aromatic carbocycles. The maximum atomic E-state index is 13.6. The van der Waals surface area contributed by atoms with Gasteiger partial charge in [0, 0.05) is 43.9 Å². The summed E-state index contributed by atoms with van der Waals surface area (Å²) in [4.78, 5) is 47.6. The highest BCUT2D eigenvalue weighted by molar-refractivity contribution is 6.17. The lowest BCUT2D eigenvalue weighted by atomic mass is 10.0. The van der Waals surface area contributed by atoms with Crippen LogP contribution in [0.15, 0.2) is 78.9 Å². The number of amides is 3. The summed E-state index contributed by atoms with van der Waals surface area (Å²) in [5.41, 5.74) is 3.65. The fourth-order valence-corrected chi connectivity index (χ4v) is 5.38. The Kier molecular flexibility index (Phi) is 5.34. The zero-order valence-electron chi connectivity index (χ0n) is 19.3. The summed E-state index contributed by atoms with van der Waals surface area (Å²) >= 11 is 0. The van der Waals surface area contributed by atoms with Crippen LogP contribution in [0.25, 0.3) is 0 Å². The van der Waals surface area contributed by atoms with Crippen LogP contribution in [0.5, 0.6) is 0 Å². The lowest BCUT2D eigenvalue weighted by molar-refractivity contribution is -0.134.